The lowest BCUT2D eigenvalue weighted by molar-refractivity contribution is 0.0588. The number of hydrogen-bond acceptors (Lipinski definition) is 4. The number of carbonyl (C=O) groups is 2. The van der Waals surface area contributed by atoms with E-state index in [4.69, 9.17) is 16.3 Å². The van der Waals surface area contributed by atoms with E-state index in [9.17, 15) is 14.0 Å². The largest absolute Gasteiger partial charge is 0.487 e. The Labute approximate surface area is 149 Å². The van der Waals surface area contributed by atoms with Crippen LogP contribution in [-0.4, -0.2) is 41.3 Å². The molecular weight excluding hydrogens is 347 g/mol. The average molecular weight is 363 g/mol. The van der Waals surface area contributed by atoms with Crippen molar-refractivity contribution in [1.82, 2.24) is 9.88 Å². The van der Waals surface area contributed by atoms with Crippen molar-refractivity contribution in [1.29, 1.82) is 0 Å². The number of benzene rings is 1. The van der Waals surface area contributed by atoms with Crippen molar-refractivity contribution in [3.05, 3.63) is 58.6 Å². The number of piperidine rings is 1. The lowest BCUT2D eigenvalue weighted by atomic mass is 10.1. The Kier molecular flexibility index (Phi) is 5.28. The van der Waals surface area contributed by atoms with E-state index in [0.717, 1.165) is 6.07 Å². The Morgan fingerprint density at radius 3 is 2.72 bits per heavy atom. The first-order chi connectivity index (χ1) is 12.1. The molecule has 1 aliphatic rings. The van der Waals surface area contributed by atoms with Crippen LogP contribution in [0, 0.1) is 5.82 Å². The van der Waals surface area contributed by atoms with E-state index in [-0.39, 0.29) is 28.5 Å². The molecular formula is C18H16ClFN2O3. The first-order valence-electron chi connectivity index (χ1n) is 7.89. The van der Waals surface area contributed by atoms with Gasteiger partial charge in [-0.2, -0.15) is 0 Å². The Morgan fingerprint density at radius 2 is 2.08 bits per heavy atom. The quantitative estimate of drug-likeness (QED) is 0.618. The van der Waals surface area contributed by atoms with Crippen LogP contribution in [0.5, 0.6) is 5.75 Å². The highest BCUT2D eigenvalue weighted by Gasteiger charge is 2.26. The van der Waals surface area contributed by atoms with Crippen LogP contribution in [0.1, 0.15) is 33.6 Å². The van der Waals surface area contributed by atoms with Gasteiger partial charge in [0.05, 0.1) is 5.56 Å². The molecule has 1 aromatic carbocycles. The highest BCUT2D eigenvalue weighted by atomic mass is 35.5. The van der Waals surface area contributed by atoms with Gasteiger partial charge in [0.25, 0.3) is 5.91 Å². The van der Waals surface area contributed by atoms with Gasteiger partial charge in [0.1, 0.15) is 17.5 Å². The monoisotopic (exact) mass is 362 g/mol. The van der Waals surface area contributed by atoms with Crippen LogP contribution in [0.2, 0.25) is 5.15 Å². The summed E-state index contributed by atoms with van der Waals surface area (Å²) >= 11 is 5.97. The highest BCUT2D eigenvalue weighted by molar-refractivity contribution is 6.32. The first-order valence-corrected chi connectivity index (χ1v) is 8.27. The molecule has 2 aromatic rings. The normalized spacial score (nSPS) is 15.0. The smallest absolute Gasteiger partial charge is 0.256 e. The van der Waals surface area contributed by atoms with Gasteiger partial charge in [0, 0.05) is 37.7 Å². The summed E-state index contributed by atoms with van der Waals surface area (Å²) in [4.78, 5) is 28.7. The molecule has 0 bridgehead atoms. The van der Waals surface area contributed by atoms with Crippen molar-refractivity contribution in [2.75, 3.05) is 13.1 Å². The van der Waals surface area contributed by atoms with Crippen molar-refractivity contribution >= 4 is 23.8 Å². The number of carbonyl (C=O) groups excluding carboxylic acids is 2. The fourth-order valence-corrected chi connectivity index (χ4v) is 2.96. The van der Waals surface area contributed by atoms with Crippen LogP contribution < -0.4 is 4.74 Å². The van der Waals surface area contributed by atoms with Gasteiger partial charge >= 0.3 is 0 Å². The number of rotatable bonds is 4. The van der Waals surface area contributed by atoms with E-state index < -0.39 is 5.82 Å². The van der Waals surface area contributed by atoms with E-state index in [0.29, 0.717) is 37.8 Å². The summed E-state index contributed by atoms with van der Waals surface area (Å²) in [7, 11) is 0. The zero-order chi connectivity index (χ0) is 17.8. The third-order valence-electron chi connectivity index (χ3n) is 4.10. The van der Waals surface area contributed by atoms with Gasteiger partial charge in [-0.25, -0.2) is 9.37 Å². The minimum atomic E-state index is -0.565. The van der Waals surface area contributed by atoms with Crippen molar-refractivity contribution < 1.29 is 18.7 Å². The van der Waals surface area contributed by atoms with Crippen LogP contribution in [0.4, 0.5) is 4.39 Å². The first kappa shape index (κ1) is 17.4. The topological polar surface area (TPSA) is 59.5 Å². The number of pyridine rings is 1. The van der Waals surface area contributed by atoms with E-state index in [2.05, 4.69) is 4.98 Å². The van der Waals surface area contributed by atoms with Crippen molar-refractivity contribution in [2.45, 2.75) is 18.9 Å². The standard InChI is InChI=1S/C18H16ClFN2O3/c19-17-14(2-1-7-21-17)18(24)22-8-5-13(6-9-22)25-16-4-3-12(11-23)10-15(16)20/h1-4,7,10-11,13H,5-6,8-9H2. The summed E-state index contributed by atoms with van der Waals surface area (Å²) in [5.41, 5.74) is 0.637. The molecule has 1 fully saturated rings. The molecule has 0 aliphatic carbocycles. The molecule has 1 saturated heterocycles. The molecule has 0 N–H and O–H groups in total. The van der Waals surface area contributed by atoms with Crippen molar-refractivity contribution in [2.24, 2.45) is 0 Å². The molecule has 2 heterocycles. The fraction of sp³-hybridized carbons (Fsp3) is 0.278. The van der Waals surface area contributed by atoms with Crippen molar-refractivity contribution in [3.63, 3.8) is 0 Å². The maximum absolute atomic E-state index is 13.9. The number of hydrogen-bond donors (Lipinski definition) is 0. The molecule has 5 nitrogen and oxygen atoms in total. The molecule has 1 aliphatic heterocycles. The Morgan fingerprint density at radius 1 is 1.32 bits per heavy atom. The maximum atomic E-state index is 13.9. The van der Waals surface area contributed by atoms with Crippen molar-refractivity contribution in [3.8, 4) is 5.75 Å². The molecule has 1 aromatic heterocycles. The molecule has 3 rings (SSSR count). The third kappa shape index (κ3) is 3.96. The van der Waals surface area contributed by atoms with Gasteiger partial charge < -0.3 is 9.64 Å². The molecule has 0 spiro atoms. The van der Waals surface area contributed by atoms with E-state index in [1.165, 1.54) is 18.3 Å². The van der Waals surface area contributed by atoms with Crippen LogP contribution in [0.25, 0.3) is 0 Å². The summed E-state index contributed by atoms with van der Waals surface area (Å²) in [6.07, 6.45) is 3.09. The molecule has 7 heteroatoms. The zero-order valence-corrected chi connectivity index (χ0v) is 14.1. The lowest BCUT2D eigenvalue weighted by Gasteiger charge is -2.32. The molecule has 0 atom stereocenters. The number of aromatic nitrogens is 1. The Hall–Kier alpha value is -2.47. The number of likely N-dealkylation sites (tertiary alicyclic amines) is 1. The van der Waals surface area contributed by atoms with Gasteiger partial charge in [-0.1, -0.05) is 11.6 Å². The number of halogens is 2. The van der Waals surface area contributed by atoms with E-state index in [1.807, 2.05) is 0 Å². The predicted molar refractivity (Wildman–Crippen MR) is 90.6 cm³/mol. The minimum absolute atomic E-state index is 0.116. The molecule has 0 radical (unpaired) electrons. The van der Waals surface area contributed by atoms with Crippen LogP contribution >= 0.6 is 11.6 Å². The van der Waals surface area contributed by atoms with Crippen LogP contribution in [0.3, 0.4) is 0 Å². The number of ether oxygens (including phenoxy) is 1. The van der Waals surface area contributed by atoms with Gasteiger partial charge in [-0.05, 0) is 30.3 Å². The molecule has 130 valence electrons. The average Bonchev–Trinajstić information content (AvgIpc) is 2.64. The Balaban J connectivity index is 1.60. The summed E-state index contributed by atoms with van der Waals surface area (Å²) < 4.78 is 19.6. The minimum Gasteiger partial charge on any atom is -0.487 e. The summed E-state index contributed by atoms with van der Waals surface area (Å²) in [5.74, 6) is -0.617. The molecule has 1 amide bonds. The molecule has 25 heavy (non-hydrogen) atoms. The highest BCUT2D eigenvalue weighted by Crippen LogP contribution is 2.24. The van der Waals surface area contributed by atoms with Gasteiger partial charge in [0.2, 0.25) is 0 Å². The number of amides is 1. The van der Waals surface area contributed by atoms with Crippen LogP contribution in [-0.2, 0) is 0 Å². The second-order valence-corrected chi connectivity index (χ2v) is 6.12. The SMILES string of the molecule is O=Cc1ccc(OC2CCN(C(=O)c3cccnc3Cl)CC2)c(F)c1. The molecule has 0 saturated carbocycles. The van der Waals surface area contributed by atoms with Gasteiger partial charge in [-0.15, -0.1) is 0 Å². The summed E-state index contributed by atoms with van der Waals surface area (Å²) in [6, 6.07) is 7.41. The second-order valence-electron chi connectivity index (χ2n) is 5.76. The number of nitrogens with zero attached hydrogens (tertiary/aromatic N) is 2. The lowest BCUT2D eigenvalue weighted by Crippen LogP contribution is -2.42. The van der Waals surface area contributed by atoms with E-state index in [1.54, 1.807) is 17.0 Å². The Bertz CT molecular complexity index is 792. The van der Waals surface area contributed by atoms with Gasteiger partial charge in [-0.3, -0.25) is 9.59 Å². The molecule has 0 unspecified atom stereocenters. The van der Waals surface area contributed by atoms with Gasteiger partial charge in [0.15, 0.2) is 11.6 Å². The number of aldehydes is 1. The summed E-state index contributed by atoms with van der Waals surface area (Å²) in [6.45, 7) is 0.978. The predicted octanol–water partition coefficient (Wildman–Crippen LogP) is 3.37. The fourth-order valence-electron chi connectivity index (χ4n) is 2.76. The second kappa shape index (κ2) is 7.61. The van der Waals surface area contributed by atoms with Crippen LogP contribution in [0.15, 0.2) is 36.5 Å². The zero-order valence-electron chi connectivity index (χ0n) is 13.3. The maximum Gasteiger partial charge on any atom is 0.256 e. The third-order valence-corrected chi connectivity index (χ3v) is 4.41. The van der Waals surface area contributed by atoms with E-state index >= 15 is 0 Å². The summed E-state index contributed by atoms with van der Waals surface area (Å²) in [5, 5.41) is 0.184.